The fourth-order valence-electron chi connectivity index (χ4n) is 1.97. The number of nitrogens with zero attached hydrogens (tertiary/aromatic N) is 1. The van der Waals surface area contributed by atoms with Crippen LogP contribution in [0.25, 0.3) is 11.3 Å². The molecule has 0 radical (unpaired) electrons. The molecule has 0 aliphatic rings. The largest absolute Gasteiger partial charge is 0.417 e. The van der Waals surface area contributed by atoms with Crippen LogP contribution >= 0.6 is 15.9 Å². The van der Waals surface area contributed by atoms with Crippen LogP contribution < -0.4 is 5.73 Å². The van der Waals surface area contributed by atoms with Crippen LogP contribution in [-0.2, 0) is 6.18 Å². The lowest BCUT2D eigenvalue weighted by Gasteiger charge is -2.11. The molecule has 0 fully saturated rings. The van der Waals surface area contributed by atoms with Crippen molar-refractivity contribution in [2.75, 3.05) is 5.73 Å². The average Bonchev–Trinajstić information content (AvgIpc) is 2.70. The number of alkyl halides is 3. The second kappa shape index (κ2) is 5.12. The molecule has 0 amide bonds. The Morgan fingerprint density at radius 3 is 2.50 bits per heavy atom. The first-order valence-corrected chi connectivity index (χ1v) is 6.63. The first-order chi connectivity index (χ1) is 9.21. The van der Waals surface area contributed by atoms with Crippen molar-refractivity contribution in [3.05, 3.63) is 33.8 Å². The van der Waals surface area contributed by atoms with Crippen molar-refractivity contribution in [3.63, 3.8) is 0 Å². The lowest BCUT2D eigenvalue weighted by molar-refractivity contribution is -0.138. The summed E-state index contributed by atoms with van der Waals surface area (Å²) in [5.74, 6) is 0.126. The second-order valence-corrected chi connectivity index (χ2v) is 5.51. The summed E-state index contributed by atoms with van der Waals surface area (Å²) in [6.07, 6.45) is -4.44. The van der Waals surface area contributed by atoms with Crippen LogP contribution in [0.1, 0.15) is 30.9 Å². The van der Waals surface area contributed by atoms with Gasteiger partial charge in [-0.1, -0.05) is 41.0 Å². The maximum Gasteiger partial charge on any atom is 0.417 e. The van der Waals surface area contributed by atoms with E-state index >= 15 is 0 Å². The maximum absolute atomic E-state index is 12.9. The maximum atomic E-state index is 12.9. The Bertz CT molecular complexity index is 635. The zero-order valence-electron chi connectivity index (χ0n) is 10.8. The van der Waals surface area contributed by atoms with Gasteiger partial charge in [0.1, 0.15) is 5.69 Å². The predicted molar refractivity (Wildman–Crippen MR) is 73.1 cm³/mol. The quantitative estimate of drug-likeness (QED) is 0.845. The molecule has 2 rings (SSSR count). The number of nitrogen functional groups attached to an aromatic ring is 1. The van der Waals surface area contributed by atoms with Gasteiger partial charge in [-0.2, -0.15) is 13.2 Å². The van der Waals surface area contributed by atoms with E-state index in [-0.39, 0.29) is 16.3 Å². The molecule has 0 saturated heterocycles. The number of anilines is 1. The van der Waals surface area contributed by atoms with Crippen LogP contribution in [0.5, 0.6) is 0 Å². The van der Waals surface area contributed by atoms with Crippen LogP contribution in [0, 0.1) is 0 Å². The zero-order chi connectivity index (χ0) is 15.1. The Morgan fingerprint density at radius 2 is 1.95 bits per heavy atom. The summed E-state index contributed by atoms with van der Waals surface area (Å²) in [4.78, 5) is 0. The number of nitrogens with two attached hydrogens (primary N) is 1. The molecule has 2 aromatic rings. The third kappa shape index (κ3) is 2.67. The molecule has 0 spiro atoms. The summed E-state index contributed by atoms with van der Waals surface area (Å²) in [6.45, 7) is 3.74. The van der Waals surface area contributed by atoms with Gasteiger partial charge in [-0.05, 0) is 18.1 Å². The third-order valence-electron chi connectivity index (χ3n) is 2.88. The van der Waals surface area contributed by atoms with Crippen molar-refractivity contribution < 1.29 is 17.7 Å². The van der Waals surface area contributed by atoms with Gasteiger partial charge in [0.15, 0.2) is 0 Å². The highest BCUT2D eigenvalue weighted by atomic mass is 79.9. The molecule has 0 aliphatic carbocycles. The Balaban J connectivity index is 2.60. The minimum atomic E-state index is -4.44. The molecule has 0 atom stereocenters. The first-order valence-electron chi connectivity index (χ1n) is 5.84. The van der Waals surface area contributed by atoms with Gasteiger partial charge in [-0.25, -0.2) is 0 Å². The van der Waals surface area contributed by atoms with Crippen LogP contribution in [-0.4, -0.2) is 5.16 Å². The van der Waals surface area contributed by atoms with Crippen LogP contribution in [0.2, 0.25) is 0 Å². The van der Waals surface area contributed by atoms with Gasteiger partial charge in [0.25, 0.3) is 0 Å². The highest BCUT2D eigenvalue weighted by Gasteiger charge is 2.33. The molecule has 0 aliphatic heterocycles. The normalized spacial score (nSPS) is 12.2. The van der Waals surface area contributed by atoms with Crippen molar-refractivity contribution in [1.29, 1.82) is 0 Å². The highest BCUT2D eigenvalue weighted by molar-refractivity contribution is 9.10. The molecular formula is C13H12BrF3N2O. The van der Waals surface area contributed by atoms with E-state index in [4.69, 9.17) is 10.3 Å². The van der Waals surface area contributed by atoms with Crippen LogP contribution in [0.3, 0.4) is 0 Å². The number of aromatic nitrogens is 1. The zero-order valence-corrected chi connectivity index (χ0v) is 12.3. The third-order valence-corrected chi connectivity index (χ3v) is 3.57. The van der Waals surface area contributed by atoms with Crippen molar-refractivity contribution in [2.24, 2.45) is 0 Å². The summed E-state index contributed by atoms with van der Waals surface area (Å²) < 4.78 is 43.6. The Hall–Kier alpha value is -1.50. The van der Waals surface area contributed by atoms with Gasteiger partial charge in [-0.15, -0.1) is 0 Å². The molecule has 0 bridgehead atoms. The number of rotatable bonds is 2. The van der Waals surface area contributed by atoms with Crippen molar-refractivity contribution in [3.8, 4) is 11.3 Å². The number of hydrogen-bond acceptors (Lipinski definition) is 3. The molecule has 20 heavy (non-hydrogen) atoms. The molecule has 0 saturated carbocycles. The SMILES string of the molecule is CC(C)c1c(-c2ccc(Br)c(C(F)(F)F)c2)noc1N. The van der Waals surface area contributed by atoms with Gasteiger partial charge in [0, 0.05) is 15.6 Å². The summed E-state index contributed by atoms with van der Waals surface area (Å²) >= 11 is 2.90. The lowest BCUT2D eigenvalue weighted by Crippen LogP contribution is -2.06. The summed E-state index contributed by atoms with van der Waals surface area (Å²) in [6, 6.07) is 3.92. The fourth-order valence-corrected chi connectivity index (χ4v) is 2.44. The Morgan fingerprint density at radius 1 is 1.30 bits per heavy atom. The van der Waals surface area contributed by atoms with E-state index in [1.165, 1.54) is 6.07 Å². The van der Waals surface area contributed by atoms with Crippen molar-refractivity contribution in [1.82, 2.24) is 5.16 Å². The Kier molecular flexibility index (Phi) is 3.82. The minimum Gasteiger partial charge on any atom is -0.367 e. The Labute approximate surface area is 122 Å². The molecular weight excluding hydrogens is 337 g/mol. The highest BCUT2D eigenvalue weighted by Crippen LogP contribution is 2.39. The lowest BCUT2D eigenvalue weighted by atomic mass is 9.98. The standard InChI is InChI=1S/C13H12BrF3N2O/c1-6(2)10-11(19-20-12(10)18)7-3-4-9(14)8(5-7)13(15,16)17/h3-6H,18H2,1-2H3. The number of hydrogen-bond donors (Lipinski definition) is 1. The summed E-state index contributed by atoms with van der Waals surface area (Å²) in [5, 5.41) is 3.78. The minimum absolute atomic E-state index is 0.00534. The smallest absolute Gasteiger partial charge is 0.367 e. The van der Waals surface area contributed by atoms with Gasteiger partial charge in [-0.3, -0.25) is 0 Å². The van der Waals surface area contributed by atoms with E-state index in [0.29, 0.717) is 16.8 Å². The predicted octanol–water partition coefficient (Wildman–Crippen LogP) is 4.83. The van der Waals surface area contributed by atoms with E-state index in [2.05, 4.69) is 21.1 Å². The molecule has 0 unspecified atom stereocenters. The van der Waals surface area contributed by atoms with Crippen molar-refractivity contribution in [2.45, 2.75) is 25.9 Å². The molecule has 3 nitrogen and oxygen atoms in total. The summed E-state index contributed by atoms with van der Waals surface area (Å²) in [5.41, 5.74) is 6.19. The number of halogens is 4. The van der Waals surface area contributed by atoms with E-state index in [0.717, 1.165) is 6.07 Å². The monoisotopic (exact) mass is 348 g/mol. The number of benzene rings is 1. The summed E-state index contributed by atoms with van der Waals surface area (Å²) in [7, 11) is 0. The van der Waals surface area contributed by atoms with Crippen molar-refractivity contribution >= 4 is 21.8 Å². The fraction of sp³-hybridized carbons (Fsp3) is 0.308. The van der Waals surface area contributed by atoms with Crippen LogP contribution in [0.4, 0.5) is 19.1 Å². The van der Waals surface area contributed by atoms with E-state index in [1.807, 2.05) is 13.8 Å². The molecule has 1 aromatic carbocycles. The van der Waals surface area contributed by atoms with E-state index in [9.17, 15) is 13.2 Å². The molecule has 1 aromatic heterocycles. The van der Waals surface area contributed by atoms with Gasteiger partial charge in [0.2, 0.25) is 5.88 Å². The molecule has 7 heteroatoms. The van der Waals surface area contributed by atoms with E-state index in [1.54, 1.807) is 6.07 Å². The van der Waals surface area contributed by atoms with E-state index < -0.39 is 11.7 Å². The van der Waals surface area contributed by atoms with Gasteiger partial charge >= 0.3 is 6.18 Å². The molecule has 1 heterocycles. The molecule has 2 N–H and O–H groups in total. The second-order valence-electron chi connectivity index (χ2n) is 4.66. The molecule has 108 valence electrons. The van der Waals surface area contributed by atoms with Crippen LogP contribution in [0.15, 0.2) is 27.2 Å². The first kappa shape index (κ1) is 14.9. The van der Waals surface area contributed by atoms with Gasteiger partial charge < -0.3 is 10.3 Å². The topological polar surface area (TPSA) is 52.0 Å². The average molecular weight is 349 g/mol. The van der Waals surface area contributed by atoms with Gasteiger partial charge in [0.05, 0.1) is 5.56 Å².